The number of aliphatic carboxylic acids is 1. The lowest BCUT2D eigenvalue weighted by molar-refractivity contribution is -0.148. The number of carboxylic acids is 1. The summed E-state index contributed by atoms with van der Waals surface area (Å²) in [6.45, 7) is 12.3. The molecule has 0 unspecified atom stereocenters. The van der Waals surface area contributed by atoms with Crippen LogP contribution in [0.1, 0.15) is 38.1 Å². The maximum atomic E-state index is 11.9. The van der Waals surface area contributed by atoms with Crippen molar-refractivity contribution in [3.05, 3.63) is 47.7 Å². The Morgan fingerprint density at radius 2 is 1.90 bits per heavy atom. The molecule has 31 heavy (non-hydrogen) atoms. The van der Waals surface area contributed by atoms with Gasteiger partial charge in [-0.25, -0.2) is 4.98 Å². The third kappa shape index (κ3) is 7.59. The summed E-state index contributed by atoms with van der Waals surface area (Å²) in [4.78, 5) is 27.7. The third-order valence-corrected chi connectivity index (χ3v) is 6.73. The molecule has 1 aromatic heterocycles. The van der Waals surface area contributed by atoms with E-state index in [0.29, 0.717) is 12.3 Å². The average molecular weight is 444 g/mol. The van der Waals surface area contributed by atoms with E-state index in [-0.39, 0.29) is 12.6 Å². The maximum absolute atomic E-state index is 11.9. The summed E-state index contributed by atoms with van der Waals surface area (Å²) in [5.74, 6) is -1.28. The van der Waals surface area contributed by atoms with Crippen LogP contribution in [0.15, 0.2) is 36.4 Å². The van der Waals surface area contributed by atoms with Crippen LogP contribution >= 0.6 is 0 Å². The number of hydrogen-bond acceptors (Lipinski definition) is 5. The quantitative estimate of drug-likeness (QED) is 0.304. The zero-order chi connectivity index (χ0) is 23.2. The summed E-state index contributed by atoms with van der Waals surface area (Å²) in [6, 6.07) is 10.5. The number of rotatable bonds is 10. The van der Waals surface area contributed by atoms with Crippen LogP contribution in [0.2, 0.25) is 25.7 Å². The van der Waals surface area contributed by atoms with Crippen LogP contribution in [0.4, 0.5) is 0 Å². The molecule has 0 amide bonds. The van der Waals surface area contributed by atoms with E-state index in [4.69, 9.17) is 9.47 Å². The molecule has 7 heteroatoms. The molecule has 0 bridgehead atoms. The van der Waals surface area contributed by atoms with Gasteiger partial charge < -0.3 is 14.6 Å². The minimum Gasteiger partial charge on any atom is -0.481 e. The highest BCUT2D eigenvalue weighted by Gasteiger charge is 2.30. The van der Waals surface area contributed by atoms with Gasteiger partial charge in [0.1, 0.15) is 11.5 Å². The van der Waals surface area contributed by atoms with E-state index in [1.165, 1.54) is 6.92 Å². The predicted molar refractivity (Wildman–Crippen MR) is 126 cm³/mol. The van der Waals surface area contributed by atoms with E-state index in [0.717, 1.165) is 22.5 Å². The fourth-order valence-corrected chi connectivity index (χ4v) is 3.67. The number of carbonyl (C=O) groups excluding carboxylic acids is 1. The SMILES string of the molecule is CC(=O)O[C@H](C)c1ccc2ccc(C=C[C@@](C)(COCC[Si](C)(C)C)C(=O)O)cc2n1. The normalized spacial score (nSPS) is 15.0. The predicted octanol–water partition coefficient (Wildman–Crippen LogP) is 5.32. The molecule has 0 spiro atoms. The first kappa shape index (κ1) is 24.8. The van der Waals surface area contributed by atoms with Gasteiger partial charge in [-0.1, -0.05) is 50.0 Å². The highest BCUT2D eigenvalue weighted by Crippen LogP contribution is 2.24. The molecular weight excluding hydrogens is 410 g/mol. The van der Waals surface area contributed by atoms with E-state index >= 15 is 0 Å². The summed E-state index contributed by atoms with van der Waals surface area (Å²) < 4.78 is 10.9. The van der Waals surface area contributed by atoms with E-state index < -0.39 is 25.6 Å². The molecule has 2 atom stereocenters. The smallest absolute Gasteiger partial charge is 0.315 e. The standard InChI is InChI=1S/C24H33NO5Si/c1-17(30-18(2)26)21-10-9-20-8-7-19(15-22(20)25-21)11-12-24(3,23(27)28)16-29-13-14-31(4,5)6/h7-12,15,17H,13-14,16H2,1-6H3,(H,27,28)/t17-,24+/m1/s1. The Morgan fingerprint density at radius 1 is 1.23 bits per heavy atom. The minimum atomic E-state index is -1.23. The van der Waals surface area contributed by atoms with Gasteiger partial charge in [0, 0.05) is 27.0 Å². The van der Waals surface area contributed by atoms with Gasteiger partial charge in [-0.3, -0.25) is 9.59 Å². The first-order chi connectivity index (χ1) is 14.4. The van der Waals surface area contributed by atoms with Crippen molar-refractivity contribution in [2.45, 2.75) is 52.6 Å². The lowest BCUT2D eigenvalue weighted by atomic mass is 9.90. The Labute approximate surface area is 185 Å². The van der Waals surface area contributed by atoms with Crippen LogP contribution in [-0.2, 0) is 19.1 Å². The largest absolute Gasteiger partial charge is 0.481 e. The second-order valence-electron chi connectivity index (χ2n) is 9.36. The molecule has 2 aromatic rings. The second-order valence-corrected chi connectivity index (χ2v) is 15.0. The fourth-order valence-electron chi connectivity index (χ4n) is 2.91. The van der Waals surface area contributed by atoms with E-state index in [2.05, 4.69) is 24.6 Å². The summed E-state index contributed by atoms with van der Waals surface area (Å²) in [6.07, 6.45) is 3.03. The summed E-state index contributed by atoms with van der Waals surface area (Å²) in [7, 11) is -1.23. The molecule has 1 N–H and O–H groups in total. The summed E-state index contributed by atoms with van der Waals surface area (Å²) >= 11 is 0. The van der Waals surface area contributed by atoms with Crippen LogP contribution in [0.3, 0.4) is 0 Å². The minimum absolute atomic E-state index is 0.124. The highest BCUT2D eigenvalue weighted by molar-refractivity contribution is 6.76. The molecule has 0 saturated carbocycles. The molecule has 1 aromatic carbocycles. The first-order valence-electron chi connectivity index (χ1n) is 10.5. The van der Waals surface area contributed by atoms with Crippen molar-refractivity contribution >= 4 is 37.0 Å². The topological polar surface area (TPSA) is 85.7 Å². The van der Waals surface area contributed by atoms with Crippen LogP contribution in [0.5, 0.6) is 0 Å². The third-order valence-electron chi connectivity index (χ3n) is 5.03. The fraction of sp³-hybridized carbons (Fsp3) is 0.458. The molecule has 0 radical (unpaired) electrons. The number of carbonyl (C=O) groups is 2. The van der Waals surface area contributed by atoms with E-state index in [9.17, 15) is 14.7 Å². The van der Waals surface area contributed by atoms with Gasteiger partial charge in [0.05, 0.1) is 17.8 Å². The second kappa shape index (κ2) is 10.2. The number of benzene rings is 1. The molecule has 0 fully saturated rings. The zero-order valence-electron chi connectivity index (χ0n) is 19.3. The molecule has 6 nitrogen and oxygen atoms in total. The van der Waals surface area contributed by atoms with Gasteiger partial charge in [-0.15, -0.1) is 0 Å². The van der Waals surface area contributed by atoms with Gasteiger partial charge in [-0.05, 0) is 37.6 Å². The molecule has 0 aliphatic carbocycles. The van der Waals surface area contributed by atoms with E-state index in [1.54, 1.807) is 26.0 Å². The molecule has 1 heterocycles. The number of carboxylic acid groups (broad SMARTS) is 1. The van der Waals surface area contributed by atoms with Crippen molar-refractivity contribution < 1.29 is 24.2 Å². The summed E-state index contributed by atoms with van der Waals surface area (Å²) in [5, 5.41) is 10.7. The number of fused-ring (bicyclic) bond motifs is 1. The Morgan fingerprint density at radius 3 is 2.52 bits per heavy atom. The molecule has 0 aliphatic heterocycles. The molecule has 0 saturated heterocycles. The van der Waals surface area contributed by atoms with Crippen LogP contribution in [-0.4, -0.2) is 43.3 Å². The van der Waals surface area contributed by atoms with Gasteiger partial charge in [0.2, 0.25) is 0 Å². The van der Waals surface area contributed by atoms with Crippen molar-refractivity contribution in [1.82, 2.24) is 4.98 Å². The molecule has 2 rings (SSSR count). The van der Waals surface area contributed by atoms with Gasteiger partial charge in [0.25, 0.3) is 0 Å². The zero-order valence-corrected chi connectivity index (χ0v) is 20.3. The number of ether oxygens (including phenoxy) is 2. The van der Waals surface area contributed by atoms with Crippen LogP contribution in [0.25, 0.3) is 17.0 Å². The maximum Gasteiger partial charge on any atom is 0.315 e. The molecular formula is C24H33NO5Si. The van der Waals surface area contributed by atoms with Gasteiger partial charge in [0.15, 0.2) is 0 Å². The van der Waals surface area contributed by atoms with Crippen molar-refractivity contribution in [3.63, 3.8) is 0 Å². The molecule has 168 valence electrons. The highest BCUT2D eigenvalue weighted by atomic mass is 28.3. The number of hydrogen-bond donors (Lipinski definition) is 1. The van der Waals surface area contributed by atoms with Crippen molar-refractivity contribution in [1.29, 1.82) is 0 Å². The number of esters is 1. The Hall–Kier alpha value is -2.51. The van der Waals surface area contributed by atoms with Crippen molar-refractivity contribution in [2.24, 2.45) is 5.41 Å². The summed E-state index contributed by atoms with van der Waals surface area (Å²) in [5.41, 5.74) is 1.14. The monoisotopic (exact) mass is 443 g/mol. The first-order valence-corrected chi connectivity index (χ1v) is 14.2. The lowest BCUT2D eigenvalue weighted by Gasteiger charge is -2.22. The van der Waals surface area contributed by atoms with Crippen LogP contribution in [0, 0.1) is 5.41 Å². The number of pyridine rings is 1. The van der Waals surface area contributed by atoms with E-state index in [1.807, 2.05) is 30.3 Å². The lowest BCUT2D eigenvalue weighted by Crippen LogP contribution is -2.32. The number of aromatic nitrogens is 1. The van der Waals surface area contributed by atoms with Gasteiger partial charge in [-0.2, -0.15) is 0 Å². The Kier molecular flexibility index (Phi) is 8.14. The average Bonchev–Trinajstić information content (AvgIpc) is 2.67. The Balaban J connectivity index is 2.18. The van der Waals surface area contributed by atoms with Crippen molar-refractivity contribution in [2.75, 3.05) is 13.2 Å². The molecule has 0 aliphatic rings. The van der Waals surface area contributed by atoms with Crippen LogP contribution < -0.4 is 0 Å². The Bertz CT molecular complexity index is 966. The van der Waals surface area contributed by atoms with Crippen molar-refractivity contribution in [3.8, 4) is 0 Å². The number of nitrogens with zero attached hydrogens (tertiary/aromatic N) is 1. The van der Waals surface area contributed by atoms with Gasteiger partial charge >= 0.3 is 11.9 Å².